The maximum Gasteiger partial charge on any atom is 0.0437 e. The fraction of sp³-hybridized carbons (Fsp3) is 0.0612. The predicted molar refractivity (Wildman–Crippen MR) is 218 cm³/mol. The van der Waals surface area contributed by atoms with E-state index in [1.807, 2.05) is 11.3 Å². The summed E-state index contributed by atoms with van der Waals surface area (Å²) in [4.78, 5) is 0. The van der Waals surface area contributed by atoms with Crippen LogP contribution < -0.4 is 0 Å². The number of rotatable bonds is 2. The van der Waals surface area contributed by atoms with Gasteiger partial charge in [0.2, 0.25) is 0 Å². The topological polar surface area (TPSA) is 0 Å². The minimum atomic E-state index is -0.144. The summed E-state index contributed by atoms with van der Waals surface area (Å²) in [6.45, 7) is 4.84. The third-order valence-electron chi connectivity index (χ3n) is 10.9. The monoisotopic (exact) mass is 654 g/mol. The van der Waals surface area contributed by atoms with Crippen molar-refractivity contribution in [1.82, 2.24) is 0 Å². The Morgan fingerprint density at radius 2 is 0.980 bits per heavy atom. The lowest BCUT2D eigenvalue weighted by atomic mass is 9.79. The molecule has 0 N–H and O–H groups in total. The minimum Gasteiger partial charge on any atom is -0.135 e. The Morgan fingerprint density at radius 3 is 1.72 bits per heavy atom. The molecule has 0 unspecified atom stereocenters. The lowest BCUT2D eigenvalue weighted by Crippen LogP contribution is -2.15. The molecule has 236 valence electrons. The van der Waals surface area contributed by atoms with Crippen molar-refractivity contribution in [1.29, 1.82) is 0 Å². The van der Waals surface area contributed by atoms with Gasteiger partial charge in [0.05, 0.1) is 0 Å². The molecule has 0 aliphatic heterocycles. The number of fused-ring (bicyclic) bond motifs is 12. The molecule has 1 heterocycles. The summed E-state index contributed by atoms with van der Waals surface area (Å²) in [5.74, 6) is 0. The highest BCUT2D eigenvalue weighted by molar-refractivity contribution is 7.26. The van der Waals surface area contributed by atoms with Gasteiger partial charge in [-0.3, -0.25) is 0 Å². The van der Waals surface area contributed by atoms with Gasteiger partial charge in [0.1, 0.15) is 0 Å². The molecule has 0 amide bonds. The second-order valence-electron chi connectivity index (χ2n) is 14.0. The van der Waals surface area contributed by atoms with Gasteiger partial charge in [-0.1, -0.05) is 166 Å². The van der Waals surface area contributed by atoms with Gasteiger partial charge < -0.3 is 0 Å². The summed E-state index contributed by atoms with van der Waals surface area (Å²) in [7, 11) is 0. The van der Waals surface area contributed by atoms with E-state index in [4.69, 9.17) is 0 Å². The average Bonchev–Trinajstić information content (AvgIpc) is 3.65. The van der Waals surface area contributed by atoms with Crippen LogP contribution in [0.25, 0.3) is 85.9 Å². The molecule has 8 aromatic carbocycles. The van der Waals surface area contributed by atoms with Gasteiger partial charge in [0, 0.05) is 31.0 Å². The van der Waals surface area contributed by atoms with Gasteiger partial charge in [-0.15, -0.1) is 11.3 Å². The molecule has 0 radical (unpaired) electrons. The Bertz CT molecular complexity index is 2900. The Balaban J connectivity index is 1.28. The van der Waals surface area contributed by atoms with Gasteiger partial charge in [0.15, 0.2) is 0 Å². The van der Waals surface area contributed by atoms with Crippen molar-refractivity contribution in [3.05, 3.63) is 181 Å². The summed E-state index contributed by atoms with van der Waals surface area (Å²) < 4.78 is 2.75. The van der Waals surface area contributed by atoms with Crippen molar-refractivity contribution in [2.75, 3.05) is 0 Å². The van der Waals surface area contributed by atoms with Crippen LogP contribution in [-0.4, -0.2) is 0 Å². The van der Waals surface area contributed by atoms with E-state index >= 15 is 0 Å². The van der Waals surface area contributed by atoms with E-state index in [1.54, 1.807) is 0 Å². The normalized spacial score (nSPS) is 13.2. The molecule has 0 nitrogen and oxygen atoms in total. The largest absolute Gasteiger partial charge is 0.135 e. The minimum absolute atomic E-state index is 0.144. The molecule has 10 rings (SSSR count). The maximum atomic E-state index is 2.48. The molecule has 0 saturated heterocycles. The summed E-state index contributed by atoms with van der Waals surface area (Å²) >= 11 is 1.93. The molecule has 0 spiro atoms. The maximum absolute atomic E-state index is 2.48. The lowest BCUT2D eigenvalue weighted by molar-refractivity contribution is 0.667. The molecule has 0 fully saturated rings. The van der Waals surface area contributed by atoms with Crippen LogP contribution in [-0.2, 0) is 5.41 Å². The number of thiophene rings is 1. The molecule has 9 aromatic rings. The van der Waals surface area contributed by atoms with Gasteiger partial charge >= 0.3 is 0 Å². The van der Waals surface area contributed by atoms with Gasteiger partial charge in [-0.25, -0.2) is 0 Å². The molecule has 50 heavy (non-hydrogen) atoms. The fourth-order valence-electron chi connectivity index (χ4n) is 8.57. The molecular formula is C49H34S. The highest BCUT2D eigenvalue weighted by Gasteiger charge is 2.39. The summed E-state index contributed by atoms with van der Waals surface area (Å²) in [5, 5.41) is 10.4. The molecule has 0 atom stereocenters. The van der Waals surface area contributed by atoms with Crippen molar-refractivity contribution in [2.24, 2.45) is 0 Å². The van der Waals surface area contributed by atoms with E-state index in [9.17, 15) is 0 Å². The lowest BCUT2D eigenvalue weighted by Gasteiger charge is -2.23. The first-order chi connectivity index (χ1) is 24.6. The first-order valence-electron chi connectivity index (χ1n) is 17.4. The van der Waals surface area contributed by atoms with Crippen molar-refractivity contribution in [3.8, 4) is 33.4 Å². The van der Waals surface area contributed by atoms with Gasteiger partial charge in [-0.05, 0) is 89.6 Å². The van der Waals surface area contributed by atoms with E-state index in [0.29, 0.717) is 0 Å². The molecule has 1 aromatic heterocycles. The zero-order chi connectivity index (χ0) is 33.4. The van der Waals surface area contributed by atoms with Crippen LogP contribution in [0.1, 0.15) is 25.0 Å². The van der Waals surface area contributed by atoms with Crippen LogP contribution in [0.15, 0.2) is 170 Å². The molecule has 0 bridgehead atoms. The molecule has 1 aliphatic rings. The second kappa shape index (κ2) is 11.1. The van der Waals surface area contributed by atoms with E-state index in [2.05, 4.69) is 184 Å². The smallest absolute Gasteiger partial charge is 0.0437 e. The summed E-state index contributed by atoms with van der Waals surface area (Å²) in [5.41, 5.74) is 10.3. The predicted octanol–water partition coefficient (Wildman–Crippen LogP) is 14.3. The van der Waals surface area contributed by atoms with E-state index in [-0.39, 0.29) is 5.41 Å². The van der Waals surface area contributed by atoms with Crippen LogP contribution in [0.5, 0.6) is 0 Å². The highest BCUT2D eigenvalue weighted by Crippen LogP contribution is 2.57. The van der Waals surface area contributed by atoms with Crippen molar-refractivity contribution < 1.29 is 0 Å². The average molecular weight is 655 g/mol. The van der Waals surface area contributed by atoms with Gasteiger partial charge in [0.25, 0.3) is 0 Å². The van der Waals surface area contributed by atoms with Crippen LogP contribution >= 0.6 is 11.3 Å². The summed E-state index contributed by atoms with van der Waals surface area (Å²) in [6.07, 6.45) is 0. The Hall–Kier alpha value is -5.76. The van der Waals surface area contributed by atoms with Crippen molar-refractivity contribution >= 4 is 63.8 Å². The third kappa shape index (κ3) is 4.30. The molecular weight excluding hydrogens is 621 g/mol. The zero-order valence-corrected chi connectivity index (χ0v) is 28.9. The quantitative estimate of drug-likeness (QED) is 0.174. The van der Waals surface area contributed by atoms with E-state index in [0.717, 1.165) is 0 Å². The zero-order valence-electron chi connectivity index (χ0n) is 28.1. The first-order valence-corrected chi connectivity index (χ1v) is 18.3. The van der Waals surface area contributed by atoms with E-state index in [1.165, 1.54) is 97.0 Å². The summed E-state index contributed by atoms with van der Waals surface area (Å²) in [6, 6.07) is 62.8. The number of hydrogen-bond donors (Lipinski definition) is 0. The van der Waals surface area contributed by atoms with Gasteiger partial charge in [-0.2, -0.15) is 0 Å². The molecule has 1 aliphatic carbocycles. The molecule has 1 heteroatoms. The van der Waals surface area contributed by atoms with E-state index < -0.39 is 0 Å². The second-order valence-corrected chi connectivity index (χ2v) is 15.1. The molecule has 0 saturated carbocycles. The van der Waals surface area contributed by atoms with Crippen LogP contribution in [0.2, 0.25) is 0 Å². The third-order valence-corrected chi connectivity index (χ3v) is 12.1. The first kappa shape index (κ1) is 29.2. The fourth-order valence-corrected chi connectivity index (χ4v) is 9.82. The number of hydrogen-bond acceptors (Lipinski definition) is 1. The Labute approximate surface area is 296 Å². The van der Waals surface area contributed by atoms with Crippen LogP contribution in [0, 0.1) is 0 Å². The Kier molecular flexibility index (Phi) is 6.50. The van der Waals surface area contributed by atoms with Crippen LogP contribution in [0.4, 0.5) is 0 Å². The van der Waals surface area contributed by atoms with Crippen molar-refractivity contribution in [3.63, 3.8) is 0 Å². The van der Waals surface area contributed by atoms with Crippen molar-refractivity contribution in [2.45, 2.75) is 19.3 Å². The standard InChI is InChI=1S/C49H34S/c1-49(2)43-28-27-34(30-42(43)45-39-21-11-12-22-40(39)48-46(47(45)49)41-23-13-14-24-44(41)50-48)36-18-6-4-3-5-17-35(37-19-9-10-20-38(36)37)33-26-25-31-15-7-8-16-32(31)29-33/h3-30H,1-2H3. The van der Waals surface area contributed by atoms with Crippen LogP contribution in [0.3, 0.4) is 0 Å². The number of benzene rings is 7. The SMILES string of the molecule is CC1(C)c2ccc(-c3ccccccc(-c4ccc5ccccc5c4)c4ccccc34)cc2-c2c1c1c3ccccc3sc1c1ccccc21. The Morgan fingerprint density at radius 1 is 0.420 bits per heavy atom. The highest BCUT2D eigenvalue weighted by atomic mass is 32.1.